The van der Waals surface area contributed by atoms with Crippen LogP contribution in [-0.2, 0) is 6.42 Å². The summed E-state index contributed by atoms with van der Waals surface area (Å²) in [6.45, 7) is 6.44. The molecule has 1 N–H and O–H groups in total. The maximum absolute atomic E-state index is 6.35. The Bertz CT molecular complexity index is 1350. The van der Waals surface area contributed by atoms with Crippen LogP contribution in [0.3, 0.4) is 0 Å². The van der Waals surface area contributed by atoms with Crippen molar-refractivity contribution < 1.29 is 9.47 Å². The molecule has 2 aromatic carbocycles. The lowest BCUT2D eigenvalue weighted by molar-refractivity contribution is 0.170. The van der Waals surface area contributed by atoms with Crippen LogP contribution in [0.4, 0.5) is 17.5 Å². The second-order valence-corrected chi connectivity index (χ2v) is 9.48. The van der Waals surface area contributed by atoms with E-state index in [4.69, 9.17) is 14.5 Å². The summed E-state index contributed by atoms with van der Waals surface area (Å²) in [5.41, 5.74) is 3.65. The van der Waals surface area contributed by atoms with Gasteiger partial charge in [0, 0.05) is 12.7 Å². The Labute approximate surface area is 224 Å². The molecule has 0 amide bonds. The first-order chi connectivity index (χ1) is 18.7. The van der Waals surface area contributed by atoms with Gasteiger partial charge in [-0.1, -0.05) is 49.7 Å². The molecule has 7 nitrogen and oxygen atoms in total. The number of piperidine rings is 1. The first-order valence-electron chi connectivity index (χ1n) is 13.5. The van der Waals surface area contributed by atoms with Crippen molar-refractivity contribution in [3.63, 3.8) is 0 Å². The number of nitrogens with one attached hydrogen (secondary N) is 1. The number of aryl methyl sites for hydroxylation is 1. The zero-order valence-electron chi connectivity index (χ0n) is 22.1. The Balaban J connectivity index is 1.27. The van der Waals surface area contributed by atoms with Gasteiger partial charge in [-0.25, -0.2) is 9.97 Å². The molecule has 0 aliphatic carbocycles. The van der Waals surface area contributed by atoms with Gasteiger partial charge in [0.15, 0.2) is 17.3 Å². The molecule has 1 saturated heterocycles. The van der Waals surface area contributed by atoms with Crippen molar-refractivity contribution in [3.8, 4) is 22.6 Å². The van der Waals surface area contributed by atoms with Gasteiger partial charge in [0.2, 0.25) is 0 Å². The average molecular weight is 510 g/mol. The lowest BCUT2D eigenvalue weighted by Gasteiger charge is -2.33. The zero-order chi connectivity index (χ0) is 26.2. The van der Waals surface area contributed by atoms with Gasteiger partial charge in [-0.3, -0.25) is 4.98 Å². The van der Waals surface area contributed by atoms with E-state index in [9.17, 15) is 0 Å². The molecule has 1 aliphatic heterocycles. The number of hydrogen-bond acceptors (Lipinski definition) is 7. The fourth-order valence-electron chi connectivity index (χ4n) is 4.82. The molecule has 0 radical (unpaired) electrons. The fourth-order valence-corrected chi connectivity index (χ4v) is 4.82. The third kappa shape index (κ3) is 6.40. The Kier molecular flexibility index (Phi) is 8.33. The van der Waals surface area contributed by atoms with Crippen molar-refractivity contribution in [2.24, 2.45) is 0 Å². The van der Waals surface area contributed by atoms with Crippen molar-refractivity contribution >= 4 is 17.5 Å². The third-order valence-electron chi connectivity index (χ3n) is 6.58. The van der Waals surface area contributed by atoms with E-state index in [0.29, 0.717) is 12.4 Å². The first-order valence-corrected chi connectivity index (χ1v) is 13.5. The fraction of sp³-hybridized carbons (Fsp3) is 0.323. The number of rotatable bonds is 10. The normalized spacial score (nSPS) is 15.2. The summed E-state index contributed by atoms with van der Waals surface area (Å²) in [6.07, 6.45) is 9.62. The number of benzene rings is 2. The molecule has 1 aliphatic rings. The standard InChI is InChI=1S/C31H35N5O2/c1-3-9-23-10-7-11-24(18-23)25-15-16-33-29(19-25)34-30-20-32-21-31(35-30)36-17-8-12-26(22-36)38-28-14-6-5-13-27(28)37-4-2/h5-7,10-11,13-16,18-21,26H,3-4,8-9,12,17,22H2,1-2H3,(H,33,34,35)/t26-/m1/s1. The van der Waals surface area contributed by atoms with Gasteiger partial charge in [-0.05, 0) is 67.1 Å². The molecule has 0 bridgehead atoms. The minimum absolute atomic E-state index is 0.0468. The van der Waals surface area contributed by atoms with Gasteiger partial charge in [0.25, 0.3) is 0 Å². The minimum atomic E-state index is 0.0468. The summed E-state index contributed by atoms with van der Waals surface area (Å²) in [6, 6.07) is 20.6. The number of pyridine rings is 1. The SMILES string of the molecule is CCCc1cccc(-c2ccnc(Nc3cncc(N4CCC[C@@H](Oc5ccccc5OCC)C4)n3)c2)c1. The van der Waals surface area contributed by atoms with Crippen LogP contribution in [0.25, 0.3) is 11.1 Å². The highest BCUT2D eigenvalue weighted by Crippen LogP contribution is 2.30. The van der Waals surface area contributed by atoms with Crippen LogP contribution in [0.5, 0.6) is 11.5 Å². The molecule has 196 valence electrons. The van der Waals surface area contributed by atoms with E-state index in [2.05, 4.69) is 57.4 Å². The van der Waals surface area contributed by atoms with Crippen LogP contribution in [0.15, 0.2) is 79.3 Å². The molecule has 0 unspecified atom stereocenters. The summed E-state index contributed by atoms with van der Waals surface area (Å²) in [5.74, 6) is 3.79. The highest BCUT2D eigenvalue weighted by Gasteiger charge is 2.24. The third-order valence-corrected chi connectivity index (χ3v) is 6.58. The van der Waals surface area contributed by atoms with E-state index in [1.54, 1.807) is 6.20 Å². The van der Waals surface area contributed by atoms with Crippen molar-refractivity contribution in [3.05, 3.63) is 84.8 Å². The van der Waals surface area contributed by atoms with Crippen molar-refractivity contribution in [1.82, 2.24) is 15.0 Å². The number of aromatic nitrogens is 3. The second kappa shape index (κ2) is 12.4. The number of para-hydroxylation sites is 2. The van der Waals surface area contributed by atoms with E-state index in [1.165, 1.54) is 11.1 Å². The predicted molar refractivity (Wildman–Crippen MR) is 152 cm³/mol. The monoisotopic (exact) mass is 509 g/mol. The smallest absolute Gasteiger partial charge is 0.161 e. The van der Waals surface area contributed by atoms with Crippen LogP contribution in [0.1, 0.15) is 38.7 Å². The number of ether oxygens (including phenoxy) is 2. The second-order valence-electron chi connectivity index (χ2n) is 9.48. The maximum atomic E-state index is 6.35. The molecule has 4 aromatic rings. The summed E-state index contributed by atoms with van der Waals surface area (Å²) in [5, 5.41) is 3.35. The Morgan fingerprint density at radius 1 is 0.947 bits per heavy atom. The molecule has 3 heterocycles. The van der Waals surface area contributed by atoms with Gasteiger partial charge in [-0.15, -0.1) is 0 Å². The predicted octanol–water partition coefficient (Wildman–Crippen LogP) is 6.68. The lowest BCUT2D eigenvalue weighted by Crippen LogP contribution is -2.41. The summed E-state index contributed by atoms with van der Waals surface area (Å²) >= 11 is 0. The molecule has 0 spiro atoms. The van der Waals surface area contributed by atoms with Crippen molar-refractivity contribution in [2.75, 3.05) is 29.9 Å². The number of anilines is 3. The first kappa shape index (κ1) is 25.5. The summed E-state index contributed by atoms with van der Waals surface area (Å²) in [4.78, 5) is 16.1. The van der Waals surface area contributed by atoms with Crippen LogP contribution >= 0.6 is 0 Å². The van der Waals surface area contributed by atoms with Gasteiger partial charge in [-0.2, -0.15) is 0 Å². The van der Waals surface area contributed by atoms with Gasteiger partial charge in [0.1, 0.15) is 17.7 Å². The van der Waals surface area contributed by atoms with E-state index in [0.717, 1.165) is 67.5 Å². The van der Waals surface area contributed by atoms with Crippen LogP contribution in [-0.4, -0.2) is 40.8 Å². The van der Waals surface area contributed by atoms with E-state index < -0.39 is 0 Å². The molecule has 2 aromatic heterocycles. The van der Waals surface area contributed by atoms with Gasteiger partial charge in [0.05, 0.1) is 25.5 Å². The Morgan fingerprint density at radius 3 is 2.68 bits per heavy atom. The molecule has 7 heteroatoms. The minimum Gasteiger partial charge on any atom is -0.490 e. The Morgan fingerprint density at radius 2 is 1.82 bits per heavy atom. The molecule has 1 atom stereocenters. The topological polar surface area (TPSA) is 72.4 Å². The molecular formula is C31H35N5O2. The molecular weight excluding hydrogens is 474 g/mol. The van der Waals surface area contributed by atoms with Crippen molar-refractivity contribution in [2.45, 2.75) is 45.6 Å². The molecule has 1 fully saturated rings. The van der Waals surface area contributed by atoms with E-state index in [1.807, 2.05) is 49.6 Å². The highest BCUT2D eigenvalue weighted by molar-refractivity contribution is 5.68. The summed E-state index contributed by atoms with van der Waals surface area (Å²) in [7, 11) is 0. The maximum Gasteiger partial charge on any atom is 0.161 e. The quantitative estimate of drug-likeness (QED) is 0.256. The highest BCUT2D eigenvalue weighted by atomic mass is 16.5. The molecule has 0 saturated carbocycles. The molecule has 5 rings (SSSR count). The largest absolute Gasteiger partial charge is 0.490 e. The van der Waals surface area contributed by atoms with Gasteiger partial charge < -0.3 is 19.7 Å². The van der Waals surface area contributed by atoms with Crippen LogP contribution < -0.4 is 19.7 Å². The van der Waals surface area contributed by atoms with E-state index >= 15 is 0 Å². The van der Waals surface area contributed by atoms with Gasteiger partial charge >= 0.3 is 0 Å². The van der Waals surface area contributed by atoms with Crippen molar-refractivity contribution in [1.29, 1.82) is 0 Å². The zero-order valence-corrected chi connectivity index (χ0v) is 22.1. The average Bonchev–Trinajstić information content (AvgIpc) is 2.95. The molecule has 38 heavy (non-hydrogen) atoms. The van der Waals surface area contributed by atoms with Crippen LogP contribution in [0.2, 0.25) is 0 Å². The number of hydrogen-bond donors (Lipinski definition) is 1. The van der Waals surface area contributed by atoms with E-state index in [-0.39, 0.29) is 6.10 Å². The summed E-state index contributed by atoms with van der Waals surface area (Å²) < 4.78 is 12.1. The number of nitrogens with zero attached hydrogens (tertiary/aromatic N) is 4. The Hall–Kier alpha value is -4.13. The van der Waals surface area contributed by atoms with Crippen LogP contribution in [0, 0.1) is 0 Å². The lowest BCUT2D eigenvalue weighted by atomic mass is 10.0.